The van der Waals surface area contributed by atoms with E-state index in [1.165, 1.54) is 0 Å². The summed E-state index contributed by atoms with van der Waals surface area (Å²) in [6, 6.07) is 13.3. The van der Waals surface area contributed by atoms with Crippen LogP contribution in [0.1, 0.15) is 47.4 Å². The van der Waals surface area contributed by atoms with Crippen molar-refractivity contribution in [2.45, 2.75) is 49.5 Å². The lowest BCUT2D eigenvalue weighted by molar-refractivity contribution is -0.0202. The van der Waals surface area contributed by atoms with E-state index in [4.69, 9.17) is 0 Å². The van der Waals surface area contributed by atoms with Gasteiger partial charge in [0.15, 0.2) is 0 Å². The van der Waals surface area contributed by atoms with E-state index >= 15 is 0 Å². The molecular formula is C21H24O4S. The monoisotopic (exact) mass is 372 g/mol. The molecule has 2 aromatic carbocycles. The molecule has 2 bridgehead atoms. The lowest BCUT2D eigenvalue weighted by Crippen LogP contribution is -2.33. The zero-order valence-electron chi connectivity index (χ0n) is 15.0. The molecule has 0 aliphatic heterocycles. The molecule has 2 aromatic rings. The lowest BCUT2D eigenvalue weighted by Gasteiger charge is -2.34. The van der Waals surface area contributed by atoms with Crippen LogP contribution in [0.4, 0.5) is 0 Å². The maximum Gasteiger partial charge on any atom is 0.295 e. The third-order valence-corrected chi connectivity index (χ3v) is 7.46. The van der Waals surface area contributed by atoms with Crippen LogP contribution in [0.15, 0.2) is 47.4 Å². The van der Waals surface area contributed by atoms with Crippen LogP contribution < -0.4 is 0 Å². The molecule has 0 radical (unpaired) electrons. The van der Waals surface area contributed by atoms with Gasteiger partial charge in [-0.15, -0.1) is 0 Å². The molecule has 4 nitrogen and oxygen atoms in total. The van der Waals surface area contributed by atoms with Crippen molar-refractivity contribution < 1.29 is 18.1 Å². The summed E-state index contributed by atoms with van der Waals surface area (Å²) in [7, 11) is -4.31. The van der Waals surface area contributed by atoms with Crippen molar-refractivity contribution >= 4 is 10.1 Å². The van der Waals surface area contributed by atoms with Crippen LogP contribution in [-0.2, 0) is 15.7 Å². The van der Waals surface area contributed by atoms with Gasteiger partial charge in [0, 0.05) is 0 Å². The summed E-state index contributed by atoms with van der Waals surface area (Å²) < 4.78 is 33.8. The highest BCUT2D eigenvalue weighted by atomic mass is 32.2. The predicted octanol–water partition coefficient (Wildman–Crippen LogP) is 3.95. The van der Waals surface area contributed by atoms with Crippen LogP contribution in [0, 0.1) is 25.7 Å². The van der Waals surface area contributed by atoms with E-state index in [1.54, 1.807) is 19.1 Å². The van der Waals surface area contributed by atoms with E-state index in [2.05, 4.69) is 0 Å². The number of fused-ring (bicyclic) bond motifs is 2. The van der Waals surface area contributed by atoms with Crippen LogP contribution in [-0.4, -0.2) is 18.1 Å². The molecule has 138 valence electrons. The smallest absolute Gasteiger partial charge is 0.295 e. The first-order valence-corrected chi connectivity index (χ1v) is 10.5. The molecule has 0 heterocycles. The molecule has 0 saturated heterocycles. The van der Waals surface area contributed by atoms with Gasteiger partial charge in [0.05, 0.1) is 5.60 Å². The molecule has 5 heteroatoms. The van der Waals surface area contributed by atoms with E-state index in [0.29, 0.717) is 17.5 Å². The third kappa shape index (κ3) is 2.61. The maximum absolute atomic E-state index is 12.0. The van der Waals surface area contributed by atoms with Gasteiger partial charge in [-0.3, -0.25) is 4.55 Å². The summed E-state index contributed by atoms with van der Waals surface area (Å²) >= 11 is 0. The molecule has 2 aliphatic rings. The normalized spacial score (nSPS) is 30.7. The standard InChI is InChI=1S/C21H24O4S/c1-13-6-9-16(10-7-13)21(22)12-15-8-11-18(21)19(15)17-5-3-4-14(2)20(17)26(23,24)25/h3-7,9-10,15,18-19,22H,8,11-12H2,1-2H3,(H,23,24,25)/t15?,18?,19-,21+/m1/s1. The first kappa shape index (κ1) is 17.7. The highest BCUT2D eigenvalue weighted by Crippen LogP contribution is 2.63. The SMILES string of the molecule is Cc1ccc([C@@]2(O)CC3CCC2[C@H]3c2cccc(C)c2S(=O)(=O)O)cc1. The van der Waals surface area contributed by atoms with Crippen molar-refractivity contribution in [3.8, 4) is 0 Å². The van der Waals surface area contributed by atoms with Crippen LogP contribution >= 0.6 is 0 Å². The number of aryl methyl sites for hydroxylation is 2. The number of rotatable bonds is 3. The molecule has 0 amide bonds. The number of hydrogen-bond acceptors (Lipinski definition) is 3. The second-order valence-corrected chi connectivity index (χ2v) is 9.29. The van der Waals surface area contributed by atoms with Crippen molar-refractivity contribution in [1.82, 2.24) is 0 Å². The lowest BCUT2D eigenvalue weighted by atomic mass is 9.77. The molecule has 2 aliphatic carbocycles. The average Bonchev–Trinajstić information content (AvgIpc) is 3.09. The minimum absolute atomic E-state index is 0.0232. The summed E-state index contributed by atoms with van der Waals surface area (Å²) in [5, 5.41) is 11.5. The van der Waals surface area contributed by atoms with Gasteiger partial charge in [-0.25, -0.2) is 0 Å². The molecule has 0 spiro atoms. The van der Waals surface area contributed by atoms with Crippen molar-refractivity contribution in [2.75, 3.05) is 0 Å². The molecule has 2 fully saturated rings. The van der Waals surface area contributed by atoms with E-state index in [9.17, 15) is 18.1 Å². The first-order valence-electron chi connectivity index (χ1n) is 9.08. The van der Waals surface area contributed by atoms with Crippen molar-refractivity contribution in [3.63, 3.8) is 0 Å². The molecule has 0 aromatic heterocycles. The highest BCUT2D eigenvalue weighted by molar-refractivity contribution is 7.86. The van der Waals surface area contributed by atoms with Gasteiger partial charge in [-0.1, -0.05) is 48.0 Å². The Hall–Kier alpha value is -1.69. The quantitative estimate of drug-likeness (QED) is 0.800. The maximum atomic E-state index is 12.0. The predicted molar refractivity (Wildman–Crippen MR) is 99.6 cm³/mol. The molecule has 4 rings (SSSR count). The van der Waals surface area contributed by atoms with Gasteiger partial charge in [0.2, 0.25) is 0 Å². The zero-order chi connectivity index (χ0) is 18.7. The van der Waals surface area contributed by atoms with Gasteiger partial charge in [-0.05, 0) is 67.6 Å². The molecule has 26 heavy (non-hydrogen) atoms. The fourth-order valence-electron chi connectivity index (χ4n) is 5.33. The highest BCUT2D eigenvalue weighted by Gasteiger charge is 2.58. The molecule has 4 atom stereocenters. The Balaban J connectivity index is 1.82. The average molecular weight is 372 g/mol. The first-order chi connectivity index (χ1) is 12.2. The van der Waals surface area contributed by atoms with Crippen molar-refractivity contribution in [3.05, 3.63) is 64.7 Å². The Labute approximate surface area is 154 Å². The number of aliphatic hydroxyl groups is 1. The fourth-order valence-corrected chi connectivity index (χ4v) is 6.31. The summed E-state index contributed by atoms with van der Waals surface area (Å²) in [5.74, 6) is 0.115. The Bertz CT molecular complexity index is 948. The number of benzene rings is 2. The summed E-state index contributed by atoms with van der Waals surface area (Å²) in [6.07, 6.45) is 2.46. The second-order valence-electron chi connectivity index (χ2n) is 7.93. The number of hydrogen-bond donors (Lipinski definition) is 2. The van der Waals surface area contributed by atoms with Crippen molar-refractivity contribution in [2.24, 2.45) is 11.8 Å². The van der Waals surface area contributed by atoms with Gasteiger partial charge < -0.3 is 5.11 Å². The van der Waals surface area contributed by atoms with Crippen LogP contribution in [0.3, 0.4) is 0 Å². The minimum Gasteiger partial charge on any atom is -0.385 e. The zero-order valence-corrected chi connectivity index (χ0v) is 15.8. The van der Waals surface area contributed by atoms with Gasteiger partial charge >= 0.3 is 0 Å². The van der Waals surface area contributed by atoms with Gasteiger partial charge in [-0.2, -0.15) is 8.42 Å². The molecular weight excluding hydrogens is 348 g/mol. The summed E-state index contributed by atoms with van der Waals surface area (Å²) in [6.45, 7) is 3.72. The van der Waals surface area contributed by atoms with Crippen LogP contribution in [0.5, 0.6) is 0 Å². The Morgan fingerprint density at radius 2 is 1.73 bits per heavy atom. The van der Waals surface area contributed by atoms with E-state index in [-0.39, 0.29) is 22.6 Å². The van der Waals surface area contributed by atoms with E-state index in [1.807, 2.05) is 37.3 Å². The van der Waals surface area contributed by atoms with Crippen molar-refractivity contribution in [1.29, 1.82) is 0 Å². The van der Waals surface area contributed by atoms with E-state index < -0.39 is 15.7 Å². The third-order valence-electron chi connectivity index (χ3n) is 6.39. The fraction of sp³-hybridized carbons (Fsp3) is 0.429. The van der Waals surface area contributed by atoms with Crippen LogP contribution in [0.25, 0.3) is 0 Å². The summed E-state index contributed by atoms with van der Waals surface area (Å²) in [5.41, 5.74) is 2.31. The molecule has 2 unspecified atom stereocenters. The largest absolute Gasteiger partial charge is 0.385 e. The van der Waals surface area contributed by atoms with Gasteiger partial charge in [0.25, 0.3) is 10.1 Å². The minimum atomic E-state index is -4.31. The second kappa shape index (κ2) is 5.91. The molecule has 2 N–H and O–H groups in total. The Kier molecular flexibility index (Phi) is 4.03. The Morgan fingerprint density at radius 1 is 1.04 bits per heavy atom. The van der Waals surface area contributed by atoms with Gasteiger partial charge in [0.1, 0.15) is 4.90 Å². The Morgan fingerprint density at radius 3 is 2.38 bits per heavy atom. The van der Waals surface area contributed by atoms with Crippen LogP contribution in [0.2, 0.25) is 0 Å². The topological polar surface area (TPSA) is 74.6 Å². The summed E-state index contributed by atoms with van der Waals surface area (Å²) in [4.78, 5) is 0.0232. The molecule has 2 saturated carbocycles. The van der Waals surface area contributed by atoms with E-state index in [0.717, 1.165) is 24.0 Å².